The van der Waals surface area contributed by atoms with Gasteiger partial charge in [-0.2, -0.15) is 0 Å². The lowest BCUT2D eigenvalue weighted by Crippen LogP contribution is -2.46. The molecular weight excluding hydrogens is 699 g/mol. The van der Waals surface area contributed by atoms with E-state index in [1.807, 2.05) is 64.1 Å². The van der Waals surface area contributed by atoms with Crippen molar-refractivity contribution in [3.63, 3.8) is 0 Å². The molecule has 0 saturated carbocycles. The van der Waals surface area contributed by atoms with Crippen LogP contribution in [0.2, 0.25) is 6.04 Å². The van der Waals surface area contributed by atoms with Gasteiger partial charge in [-0.15, -0.1) is 0 Å². The first kappa shape index (κ1) is 40.5. The number of alkyl carbamates (subject to hydrolysis) is 1. The molecule has 3 atom stereocenters. The molecule has 0 spiro atoms. The van der Waals surface area contributed by atoms with Gasteiger partial charge in [0.15, 0.2) is 6.10 Å². The molecule has 1 N–H and O–H groups in total. The van der Waals surface area contributed by atoms with E-state index in [4.69, 9.17) is 46.4 Å². The molecule has 1 amide bonds. The molecule has 290 valence electrons. The Bertz CT molecular complexity index is 1410. The Morgan fingerprint density at radius 1 is 0.679 bits per heavy atom. The molecule has 0 aliphatic carbocycles. The average molecular weight is 754 g/mol. The lowest BCUT2D eigenvalue weighted by atomic mass is 9.85. The molecule has 2 aliphatic rings. The number of epoxide rings is 2. The molecule has 0 aromatic heterocycles. The highest BCUT2D eigenvalue weighted by Gasteiger charge is 2.39. The van der Waals surface area contributed by atoms with Crippen LogP contribution in [-0.4, -0.2) is 106 Å². The van der Waals surface area contributed by atoms with Crippen molar-refractivity contribution in [3.8, 4) is 17.2 Å². The second-order valence-corrected chi connectivity index (χ2v) is 15.4. The van der Waals surface area contributed by atoms with Crippen molar-refractivity contribution in [2.75, 3.05) is 72.6 Å². The molecule has 3 aromatic carbocycles. The minimum absolute atomic E-state index is 0.0492. The van der Waals surface area contributed by atoms with Crippen molar-refractivity contribution in [2.24, 2.45) is 0 Å². The van der Waals surface area contributed by atoms with Crippen LogP contribution in [0.4, 0.5) is 4.79 Å². The number of amides is 1. The molecule has 12 nitrogen and oxygen atoms in total. The van der Waals surface area contributed by atoms with Crippen LogP contribution < -0.4 is 19.5 Å². The monoisotopic (exact) mass is 753 g/mol. The Kier molecular flexibility index (Phi) is 16.2. The van der Waals surface area contributed by atoms with Crippen LogP contribution in [0.25, 0.3) is 0 Å². The van der Waals surface area contributed by atoms with Crippen LogP contribution in [0.3, 0.4) is 0 Å². The highest BCUT2D eigenvalue weighted by Crippen LogP contribution is 2.35. The first-order valence-electron chi connectivity index (χ1n) is 18.8. The molecule has 5 rings (SSSR count). The van der Waals surface area contributed by atoms with E-state index in [1.54, 1.807) is 0 Å². The predicted octanol–water partition coefficient (Wildman–Crippen LogP) is 6.37. The van der Waals surface area contributed by atoms with Crippen LogP contribution in [0.5, 0.6) is 17.2 Å². The van der Waals surface area contributed by atoms with E-state index in [0.29, 0.717) is 64.4 Å². The number of carbonyl (C=O) groups excluding carboxylic acids is 1. The van der Waals surface area contributed by atoms with Gasteiger partial charge in [-0.25, -0.2) is 4.79 Å². The molecule has 53 heavy (non-hydrogen) atoms. The zero-order chi connectivity index (χ0) is 37.3. The van der Waals surface area contributed by atoms with E-state index in [1.165, 1.54) is 0 Å². The van der Waals surface area contributed by atoms with Crippen molar-refractivity contribution in [2.45, 2.75) is 64.4 Å². The molecule has 13 heteroatoms. The summed E-state index contributed by atoms with van der Waals surface area (Å²) in [5.41, 5.74) is 3.32. The maximum absolute atomic E-state index is 12.7. The number of hydrogen-bond donors (Lipinski definition) is 1. The standard InChI is InChI=1S/C40H55NO11Si/c1-5-43-24-38(52-40(42)41-22-9-23-53(49-6-2,50-7-3)51-8-4)29-46-35-20-14-32(15-21-35)39(30-10-16-33(17-11-30)44-25-36-27-47-36)31-12-18-34(19-13-31)45-26-37-28-48-37/h10-21,36-39H,5-9,22-29H2,1-4H3,(H,41,42). The quantitative estimate of drug-likeness (QED) is 0.0425. The van der Waals surface area contributed by atoms with Crippen molar-refractivity contribution < 1.29 is 51.2 Å². The topological polar surface area (TPSA) is 128 Å². The van der Waals surface area contributed by atoms with Crippen molar-refractivity contribution >= 4 is 14.9 Å². The van der Waals surface area contributed by atoms with Crippen LogP contribution >= 0.6 is 0 Å². The lowest BCUT2D eigenvalue weighted by Gasteiger charge is -2.28. The second kappa shape index (κ2) is 21.3. The number of ether oxygens (including phenoxy) is 7. The zero-order valence-electron chi connectivity index (χ0n) is 31.4. The Morgan fingerprint density at radius 2 is 1.13 bits per heavy atom. The summed E-state index contributed by atoms with van der Waals surface area (Å²) in [7, 11) is -2.78. The minimum Gasteiger partial charge on any atom is -0.491 e. The van der Waals surface area contributed by atoms with Gasteiger partial charge in [0.1, 0.15) is 49.3 Å². The Balaban J connectivity index is 1.18. The van der Waals surface area contributed by atoms with Gasteiger partial charge < -0.3 is 51.8 Å². The summed E-state index contributed by atoms with van der Waals surface area (Å²) < 4.78 is 57.5. The summed E-state index contributed by atoms with van der Waals surface area (Å²) in [6.07, 6.45) is -0.129. The maximum Gasteiger partial charge on any atom is 0.500 e. The molecule has 3 aromatic rings. The Morgan fingerprint density at radius 3 is 1.55 bits per heavy atom. The highest BCUT2D eigenvalue weighted by atomic mass is 28.4. The molecule has 2 aliphatic heterocycles. The van der Waals surface area contributed by atoms with E-state index in [0.717, 1.165) is 41.4 Å². The van der Waals surface area contributed by atoms with E-state index < -0.39 is 21.0 Å². The Labute approximate surface area is 314 Å². The average Bonchev–Trinajstić information content (AvgIpc) is 4.11. The molecule has 0 bridgehead atoms. The number of carbonyl (C=O) groups is 1. The van der Waals surface area contributed by atoms with Gasteiger partial charge in [0, 0.05) is 44.9 Å². The molecule has 2 fully saturated rings. The third-order valence-electron chi connectivity index (χ3n) is 8.56. The van der Waals surface area contributed by atoms with Crippen molar-refractivity contribution in [1.29, 1.82) is 0 Å². The fourth-order valence-electron chi connectivity index (χ4n) is 5.80. The Hall–Kier alpha value is -3.69. The minimum atomic E-state index is -2.78. The summed E-state index contributed by atoms with van der Waals surface area (Å²) in [4.78, 5) is 12.7. The van der Waals surface area contributed by atoms with Crippen molar-refractivity contribution in [3.05, 3.63) is 89.5 Å². The molecular formula is C40H55NO11Si. The van der Waals surface area contributed by atoms with Gasteiger partial charge in [0.05, 0.1) is 19.8 Å². The lowest BCUT2D eigenvalue weighted by molar-refractivity contribution is 0.00162. The fraction of sp³-hybridized carbons (Fsp3) is 0.525. The van der Waals surface area contributed by atoms with Gasteiger partial charge >= 0.3 is 14.9 Å². The van der Waals surface area contributed by atoms with E-state index in [-0.39, 0.29) is 31.3 Å². The number of nitrogens with one attached hydrogen (secondary N) is 1. The van der Waals surface area contributed by atoms with Crippen LogP contribution in [0.1, 0.15) is 56.7 Å². The largest absolute Gasteiger partial charge is 0.500 e. The molecule has 2 heterocycles. The molecule has 2 saturated heterocycles. The normalized spacial score (nSPS) is 17.4. The summed E-state index contributed by atoms with van der Waals surface area (Å²) in [6.45, 7) is 13.0. The highest BCUT2D eigenvalue weighted by molar-refractivity contribution is 6.60. The first-order chi connectivity index (χ1) is 25.9. The third kappa shape index (κ3) is 13.6. The number of benzene rings is 3. The van der Waals surface area contributed by atoms with Crippen LogP contribution in [0, 0.1) is 0 Å². The maximum atomic E-state index is 12.7. The predicted molar refractivity (Wildman–Crippen MR) is 201 cm³/mol. The third-order valence-corrected chi connectivity index (χ3v) is 11.7. The summed E-state index contributed by atoms with van der Waals surface area (Å²) >= 11 is 0. The summed E-state index contributed by atoms with van der Waals surface area (Å²) in [6, 6.07) is 25.0. The van der Waals surface area contributed by atoms with Crippen LogP contribution in [-0.2, 0) is 32.2 Å². The van der Waals surface area contributed by atoms with E-state index in [2.05, 4.69) is 41.7 Å². The van der Waals surface area contributed by atoms with Crippen molar-refractivity contribution in [1.82, 2.24) is 5.32 Å². The summed E-state index contributed by atoms with van der Waals surface area (Å²) in [5.74, 6) is 2.22. The van der Waals surface area contributed by atoms with Gasteiger partial charge in [-0.1, -0.05) is 36.4 Å². The molecule has 0 radical (unpaired) electrons. The van der Waals surface area contributed by atoms with Crippen LogP contribution in [0.15, 0.2) is 72.8 Å². The number of hydrogen-bond acceptors (Lipinski definition) is 11. The van der Waals surface area contributed by atoms with E-state index >= 15 is 0 Å². The smallest absolute Gasteiger partial charge is 0.491 e. The summed E-state index contributed by atoms with van der Waals surface area (Å²) in [5, 5.41) is 2.83. The van der Waals surface area contributed by atoms with Gasteiger partial charge in [-0.3, -0.25) is 0 Å². The van der Waals surface area contributed by atoms with Gasteiger partial charge in [0.25, 0.3) is 0 Å². The second-order valence-electron chi connectivity index (χ2n) is 12.7. The van der Waals surface area contributed by atoms with E-state index in [9.17, 15) is 4.79 Å². The zero-order valence-corrected chi connectivity index (χ0v) is 32.4. The van der Waals surface area contributed by atoms with Gasteiger partial charge in [-0.05, 0) is 87.2 Å². The number of rotatable bonds is 26. The first-order valence-corrected chi connectivity index (χ1v) is 20.7. The fourth-order valence-corrected chi connectivity index (χ4v) is 8.41. The SMILES string of the molecule is CCOCC(COc1ccc(C(c2ccc(OCC3CO3)cc2)c2ccc(OCC3CO3)cc2)cc1)OC(=O)NCCC[Si](OCC)(OCC)OCC. The molecule has 3 unspecified atom stereocenters. The van der Waals surface area contributed by atoms with Gasteiger partial charge in [0.2, 0.25) is 0 Å².